The quantitative estimate of drug-likeness (QED) is 0.615. The fraction of sp³-hybridized carbons (Fsp3) is 0.667. The highest BCUT2D eigenvalue weighted by molar-refractivity contribution is 5.90. The summed E-state index contributed by atoms with van der Waals surface area (Å²) >= 11 is 0. The second-order valence-electron chi connectivity index (χ2n) is 3.04. The Balaban J connectivity index is 2.36. The fourth-order valence-corrected chi connectivity index (χ4v) is 1.03. The van der Waals surface area contributed by atoms with Crippen LogP contribution in [0, 0.1) is 0 Å². The SMILES string of the molecule is CCNC(=O)c1noc(CNCCOC)n1. The highest BCUT2D eigenvalue weighted by Gasteiger charge is 2.12. The van der Waals surface area contributed by atoms with Crippen molar-refractivity contribution >= 4 is 5.91 Å². The molecular weight excluding hydrogens is 212 g/mol. The normalized spacial score (nSPS) is 10.4. The number of hydrogen-bond donors (Lipinski definition) is 2. The Morgan fingerprint density at radius 1 is 1.56 bits per heavy atom. The second kappa shape index (κ2) is 6.91. The van der Waals surface area contributed by atoms with E-state index in [9.17, 15) is 4.79 Å². The number of carbonyl (C=O) groups excluding carboxylic acids is 1. The van der Waals surface area contributed by atoms with Crippen LogP contribution in [-0.2, 0) is 11.3 Å². The first-order chi connectivity index (χ1) is 7.77. The molecule has 0 atom stereocenters. The number of hydrogen-bond acceptors (Lipinski definition) is 6. The van der Waals surface area contributed by atoms with Gasteiger partial charge in [-0.25, -0.2) is 0 Å². The molecule has 0 spiro atoms. The van der Waals surface area contributed by atoms with Crippen LogP contribution in [0.5, 0.6) is 0 Å². The third-order valence-corrected chi connectivity index (χ3v) is 1.77. The monoisotopic (exact) mass is 228 g/mol. The minimum absolute atomic E-state index is 0.0605. The maximum absolute atomic E-state index is 11.3. The molecule has 7 nitrogen and oxygen atoms in total. The molecule has 1 aromatic heterocycles. The number of ether oxygens (including phenoxy) is 1. The van der Waals surface area contributed by atoms with Crippen molar-refractivity contribution in [2.24, 2.45) is 0 Å². The zero-order valence-electron chi connectivity index (χ0n) is 9.45. The zero-order valence-corrected chi connectivity index (χ0v) is 9.45. The number of aromatic nitrogens is 2. The molecule has 16 heavy (non-hydrogen) atoms. The van der Waals surface area contributed by atoms with E-state index in [0.717, 1.165) is 0 Å². The maximum atomic E-state index is 11.3. The van der Waals surface area contributed by atoms with Crippen molar-refractivity contribution in [3.8, 4) is 0 Å². The molecule has 0 radical (unpaired) electrons. The molecule has 0 saturated carbocycles. The summed E-state index contributed by atoms with van der Waals surface area (Å²) in [6.07, 6.45) is 0. The largest absolute Gasteiger partial charge is 0.383 e. The third kappa shape index (κ3) is 3.95. The number of methoxy groups -OCH3 is 1. The Morgan fingerprint density at radius 3 is 3.06 bits per heavy atom. The Hall–Kier alpha value is -1.47. The molecule has 0 saturated heterocycles. The Labute approximate surface area is 93.5 Å². The van der Waals surface area contributed by atoms with Gasteiger partial charge in [-0.15, -0.1) is 0 Å². The van der Waals surface area contributed by atoms with E-state index >= 15 is 0 Å². The average molecular weight is 228 g/mol. The van der Waals surface area contributed by atoms with Gasteiger partial charge in [0.15, 0.2) is 0 Å². The molecule has 1 rings (SSSR count). The van der Waals surface area contributed by atoms with Crippen LogP contribution < -0.4 is 10.6 Å². The Kier molecular flexibility index (Phi) is 5.44. The summed E-state index contributed by atoms with van der Waals surface area (Å²) in [5.74, 6) is 0.122. The van der Waals surface area contributed by atoms with Gasteiger partial charge in [0.05, 0.1) is 13.2 Å². The van der Waals surface area contributed by atoms with Crippen LogP contribution in [0.3, 0.4) is 0 Å². The van der Waals surface area contributed by atoms with Gasteiger partial charge in [-0.2, -0.15) is 4.98 Å². The van der Waals surface area contributed by atoms with Gasteiger partial charge in [0.2, 0.25) is 5.89 Å². The minimum Gasteiger partial charge on any atom is -0.383 e. The van der Waals surface area contributed by atoms with Gasteiger partial charge >= 0.3 is 0 Å². The van der Waals surface area contributed by atoms with Crippen LogP contribution >= 0.6 is 0 Å². The molecule has 0 bridgehead atoms. The van der Waals surface area contributed by atoms with E-state index < -0.39 is 0 Å². The van der Waals surface area contributed by atoms with Crippen LogP contribution in [0.15, 0.2) is 4.52 Å². The summed E-state index contributed by atoms with van der Waals surface area (Å²) in [7, 11) is 1.63. The molecule has 7 heteroatoms. The van der Waals surface area contributed by atoms with Crippen LogP contribution in [0.4, 0.5) is 0 Å². The summed E-state index contributed by atoms with van der Waals surface area (Å²) < 4.78 is 9.75. The van der Waals surface area contributed by atoms with E-state index in [-0.39, 0.29) is 11.7 Å². The Bertz CT molecular complexity index is 326. The standard InChI is InChI=1S/C9H16N4O3/c1-3-11-9(14)8-12-7(16-13-8)6-10-4-5-15-2/h10H,3-6H2,1-2H3,(H,11,14). The first kappa shape index (κ1) is 12.6. The topological polar surface area (TPSA) is 89.3 Å². The molecule has 0 aromatic carbocycles. The minimum atomic E-state index is -0.325. The molecule has 1 heterocycles. The Morgan fingerprint density at radius 2 is 2.38 bits per heavy atom. The molecule has 0 aliphatic carbocycles. The van der Waals surface area contributed by atoms with Gasteiger partial charge in [-0.05, 0) is 6.92 Å². The van der Waals surface area contributed by atoms with Crippen molar-refractivity contribution < 1.29 is 14.1 Å². The highest BCUT2D eigenvalue weighted by Crippen LogP contribution is 1.96. The molecule has 1 aromatic rings. The van der Waals surface area contributed by atoms with E-state index in [1.54, 1.807) is 7.11 Å². The average Bonchev–Trinajstić information content (AvgIpc) is 2.73. The molecule has 0 aliphatic heterocycles. The van der Waals surface area contributed by atoms with E-state index in [1.807, 2.05) is 6.92 Å². The molecular formula is C9H16N4O3. The molecule has 90 valence electrons. The van der Waals surface area contributed by atoms with Crippen LogP contribution in [0.1, 0.15) is 23.4 Å². The second-order valence-corrected chi connectivity index (χ2v) is 3.04. The summed E-state index contributed by atoms with van der Waals surface area (Å²) in [6, 6.07) is 0. The zero-order chi connectivity index (χ0) is 11.8. The van der Waals surface area contributed by atoms with Crippen molar-refractivity contribution in [2.75, 3.05) is 26.8 Å². The van der Waals surface area contributed by atoms with Crippen LogP contribution in [0.25, 0.3) is 0 Å². The fourth-order valence-electron chi connectivity index (χ4n) is 1.03. The predicted octanol–water partition coefficient (Wildman–Crippen LogP) is -0.445. The first-order valence-electron chi connectivity index (χ1n) is 5.08. The lowest BCUT2D eigenvalue weighted by atomic mass is 10.5. The smallest absolute Gasteiger partial charge is 0.292 e. The number of nitrogens with one attached hydrogen (secondary N) is 2. The van der Waals surface area contributed by atoms with E-state index in [4.69, 9.17) is 9.26 Å². The van der Waals surface area contributed by atoms with Gasteiger partial charge in [0.1, 0.15) is 0 Å². The summed E-state index contributed by atoms with van der Waals surface area (Å²) in [5.41, 5.74) is 0. The number of nitrogens with zero attached hydrogens (tertiary/aromatic N) is 2. The van der Waals surface area contributed by atoms with Gasteiger partial charge in [0.25, 0.3) is 11.7 Å². The number of amides is 1. The van der Waals surface area contributed by atoms with E-state index in [1.165, 1.54) is 0 Å². The highest BCUT2D eigenvalue weighted by atomic mass is 16.5. The first-order valence-corrected chi connectivity index (χ1v) is 5.08. The van der Waals surface area contributed by atoms with Crippen LogP contribution in [0.2, 0.25) is 0 Å². The summed E-state index contributed by atoms with van der Waals surface area (Å²) in [5, 5.41) is 9.19. The van der Waals surface area contributed by atoms with Crippen molar-refractivity contribution in [1.29, 1.82) is 0 Å². The lowest BCUT2D eigenvalue weighted by Crippen LogP contribution is -2.24. The van der Waals surface area contributed by atoms with Crippen molar-refractivity contribution in [2.45, 2.75) is 13.5 Å². The van der Waals surface area contributed by atoms with Crippen molar-refractivity contribution in [1.82, 2.24) is 20.8 Å². The maximum Gasteiger partial charge on any atom is 0.292 e. The number of carbonyl (C=O) groups is 1. The predicted molar refractivity (Wildman–Crippen MR) is 55.9 cm³/mol. The molecule has 0 aliphatic rings. The van der Waals surface area contributed by atoms with E-state index in [2.05, 4.69) is 20.8 Å². The molecule has 2 N–H and O–H groups in total. The van der Waals surface area contributed by atoms with Crippen molar-refractivity contribution in [3.05, 3.63) is 11.7 Å². The molecule has 0 fully saturated rings. The van der Waals surface area contributed by atoms with Gasteiger partial charge in [0, 0.05) is 20.2 Å². The van der Waals surface area contributed by atoms with Gasteiger partial charge in [-0.1, -0.05) is 5.16 Å². The summed E-state index contributed by atoms with van der Waals surface area (Å²) in [4.78, 5) is 15.2. The summed E-state index contributed by atoms with van der Waals surface area (Å²) in [6.45, 7) is 4.09. The van der Waals surface area contributed by atoms with Crippen molar-refractivity contribution in [3.63, 3.8) is 0 Å². The van der Waals surface area contributed by atoms with Gasteiger partial charge < -0.3 is 19.9 Å². The molecule has 0 unspecified atom stereocenters. The lowest BCUT2D eigenvalue weighted by molar-refractivity contribution is 0.0942. The van der Waals surface area contributed by atoms with E-state index in [0.29, 0.717) is 32.1 Å². The van der Waals surface area contributed by atoms with Crippen LogP contribution in [-0.4, -0.2) is 42.9 Å². The third-order valence-electron chi connectivity index (χ3n) is 1.77. The lowest BCUT2D eigenvalue weighted by Gasteiger charge is -1.98. The van der Waals surface area contributed by atoms with Gasteiger partial charge in [-0.3, -0.25) is 4.79 Å². The molecule has 1 amide bonds. The number of rotatable bonds is 7.